The van der Waals surface area contributed by atoms with E-state index in [4.69, 9.17) is 0 Å². The molecule has 0 N–H and O–H groups in total. The molecule has 17 heavy (non-hydrogen) atoms. The van der Waals surface area contributed by atoms with Crippen molar-refractivity contribution in [3.63, 3.8) is 0 Å². The Hall–Kier alpha value is -0.960. The zero-order valence-electron chi connectivity index (χ0n) is 11.4. The minimum atomic E-state index is 0.385. The van der Waals surface area contributed by atoms with E-state index in [-0.39, 0.29) is 0 Å². The van der Waals surface area contributed by atoms with Crippen molar-refractivity contribution in [2.24, 2.45) is 5.41 Å². The maximum Gasteiger partial charge on any atom is 0.125 e. The summed E-state index contributed by atoms with van der Waals surface area (Å²) in [5.41, 5.74) is 1.60. The van der Waals surface area contributed by atoms with Gasteiger partial charge in [0.05, 0.1) is 0 Å². The first-order valence-electron chi connectivity index (χ1n) is 6.46. The van der Waals surface area contributed by atoms with Gasteiger partial charge in [0.15, 0.2) is 0 Å². The molecule has 1 aromatic heterocycles. The van der Waals surface area contributed by atoms with Crippen LogP contribution in [0.15, 0.2) is 12.3 Å². The lowest BCUT2D eigenvalue weighted by atomic mass is 9.96. The van der Waals surface area contributed by atoms with Gasteiger partial charge in [-0.2, -0.15) is 0 Å². The highest BCUT2D eigenvalue weighted by atomic mass is 15.2. The average Bonchev–Trinajstić information content (AvgIpc) is 2.63. The lowest BCUT2D eigenvalue weighted by molar-refractivity contribution is 0.225. The quantitative estimate of drug-likeness (QED) is 0.786. The fourth-order valence-corrected chi connectivity index (χ4v) is 2.59. The van der Waals surface area contributed by atoms with Crippen LogP contribution in [0.2, 0.25) is 0 Å². The molecule has 3 nitrogen and oxygen atoms in total. The normalized spacial score (nSPS) is 22.0. The minimum absolute atomic E-state index is 0.385. The Morgan fingerprint density at radius 2 is 2.18 bits per heavy atom. The third-order valence-electron chi connectivity index (χ3n) is 3.19. The molecule has 2 rings (SSSR count). The summed E-state index contributed by atoms with van der Waals surface area (Å²) in [6, 6.07) is 2.07. The second-order valence-electron chi connectivity index (χ2n) is 6.31. The van der Waals surface area contributed by atoms with Crippen LogP contribution < -0.4 is 0 Å². The van der Waals surface area contributed by atoms with E-state index in [0.717, 1.165) is 12.4 Å². The number of hydrogen-bond donors (Lipinski definition) is 0. The van der Waals surface area contributed by atoms with E-state index < -0.39 is 0 Å². The van der Waals surface area contributed by atoms with Crippen molar-refractivity contribution in [2.45, 2.75) is 40.0 Å². The van der Waals surface area contributed by atoms with Gasteiger partial charge in [-0.25, -0.2) is 9.97 Å². The number of nitrogens with zero attached hydrogens (tertiary/aromatic N) is 3. The molecule has 1 aliphatic heterocycles. The molecule has 1 aromatic rings. The van der Waals surface area contributed by atoms with Crippen molar-refractivity contribution in [1.82, 2.24) is 14.9 Å². The van der Waals surface area contributed by atoms with Gasteiger partial charge in [0.1, 0.15) is 5.82 Å². The van der Waals surface area contributed by atoms with Gasteiger partial charge in [-0.15, -0.1) is 0 Å². The molecule has 0 aliphatic carbocycles. The van der Waals surface area contributed by atoms with Crippen LogP contribution in [-0.4, -0.2) is 34.5 Å². The first-order valence-corrected chi connectivity index (χ1v) is 6.46. The highest BCUT2D eigenvalue weighted by Crippen LogP contribution is 2.28. The fourth-order valence-electron chi connectivity index (χ4n) is 2.59. The van der Waals surface area contributed by atoms with Gasteiger partial charge in [0, 0.05) is 30.9 Å². The van der Waals surface area contributed by atoms with E-state index in [1.165, 1.54) is 25.2 Å². The van der Waals surface area contributed by atoms with Crippen LogP contribution >= 0.6 is 0 Å². The molecule has 0 amide bonds. The molecule has 0 bridgehead atoms. The summed E-state index contributed by atoms with van der Waals surface area (Å²) >= 11 is 0. The molecule has 0 unspecified atom stereocenters. The summed E-state index contributed by atoms with van der Waals surface area (Å²) in [5.74, 6) is 1.48. The van der Waals surface area contributed by atoms with Gasteiger partial charge in [-0.3, -0.25) is 0 Å². The topological polar surface area (TPSA) is 29.0 Å². The highest BCUT2D eigenvalue weighted by molar-refractivity contribution is 5.10. The molecule has 3 heteroatoms. The van der Waals surface area contributed by atoms with Crippen molar-refractivity contribution in [1.29, 1.82) is 0 Å². The largest absolute Gasteiger partial charge is 0.302 e. The number of aryl methyl sites for hydroxylation is 1. The number of likely N-dealkylation sites (tertiary alicyclic amines) is 1. The second-order valence-corrected chi connectivity index (χ2v) is 6.31. The van der Waals surface area contributed by atoms with Crippen LogP contribution in [0.1, 0.15) is 44.6 Å². The Kier molecular flexibility index (Phi) is 3.48. The molecule has 0 aromatic carbocycles. The van der Waals surface area contributed by atoms with E-state index in [1.807, 2.05) is 13.1 Å². The van der Waals surface area contributed by atoms with Crippen LogP contribution in [0.25, 0.3) is 0 Å². The average molecular weight is 233 g/mol. The van der Waals surface area contributed by atoms with Crippen LogP contribution in [-0.2, 0) is 0 Å². The molecule has 0 saturated carbocycles. The number of hydrogen-bond acceptors (Lipinski definition) is 3. The third-order valence-corrected chi connectivity index (χ3v) is 3.19. The maximum atomic E-state index is 4.55. The lowest BCUT2D eigenvalue weighted by Crippen LogP contribution is -2.30. The first-order chi connectivity index (χ1) is 7.94. The van der Waals surface area contributed by atoms with Crippen LogP contribution in [0, 0.1) is 12.3 Å². The van der Waals surface area contributed by atoms with Gasteiger partial charge in [0.25, 0.3) is 0 Å². The molecule has 0 spiro atoms. The predicted octanol–water partition coefficient (Wildman–Crippen LogP) is 2.62. The molecule has 1 atom stereocenters. The van der Waals surface area contributed by atoms with Crippen LogP contribution in [0.5, 0.6) is 0 Å². The molecule has 1 fully saturated rings. The van der Waals surface area contributed by atoms with Crippen molar-refractivity contribution in [3.8, 4) is 0 Å². The molecule has 94 valence electrons. The van der Waals surface area contributed by atoms with Crippen molar-refractivity contribution >= 4 is 0 Å². The highest BCUT2D eigenvalue weighted by Gasteiger charge is 2.27. The number of aromatic nitrogens is 2. The predicted molar refractivity (Wildman–Crippen MR) is 70.0 cm³/mol. The summed E-state index contributed by atoms with van der Waals surface area (Å²) in [6.45, 7) is 12.4. The summed E-state index contributed by atoms with van der Waals surface area (Å²) in [5, 5.41) is 0. The van der Waals surface area contributed by atoms with Crippen molar-refractivity contribution in [3.05, 3.63) is 23.8 Å². The minimum Gasteiger partial charge on any atom is -0.302 e. The summed E-state index contributed by atoms with van der Waals surface area (Å²) < 4.78 is 0. The van der Waals surface area contributed by atoms with Crippen LogP contribution in [0.4, 0.5) is 0 Å². The molecular weight excluding hydrogens is 210 g/mol. The van der Waals surface area contributed by atoms with E-state index >= 15 is 0 Å². The van der Waals surface area contributed by atoms with Gasteiger partial charge in [0.2, 0.25) is 0 Å². The fraction of sp³-hybridized carbons (Fsp3) is 0.714. The number of rotatable bonds is 2. The Balaban J connectivity index is 1.98. The van der Waals surface area contributed by atoms with Crippen molar-refractivity contribution < 1.29 is 0 Å². The van der Waals surface area contributed by atoms with Gasteiger partial charge >= 0.3 is 0 Å². The van der Waals surface area contributed by atoms with Gasteiger partial charge in [-0.1, -0.05) is 20.8 Å². The summed E-state index contributed by atoms with van der Waals surface area (Å²) in [7, 11) is 0. The van der Waals surface area contributed by atoms with E-state index in [0.29, 0.717) is 11.3 Å². The molecule has 1 aliphatic rings. The van der Waals surface area contributed by atoms with E-state index in [9.17, 15) is 0 Å². The third kappa shape index (κ3) is 3.50. The molecular formula is C14H23N3. The zero-order chi connectivity index (χ0) is 12.5. The monoisotopic (exact) mass is 233 g/mol. The maximum absolute atomic E-state index is 4.55. The molecule has 1 saturated heterocycles. The second kappa shape index (κ2) is 4.73. The van der Waals surface area contributed by atoms with E-state index in [2.05, 4.69) is 41.7 Å². The Labute approximate surface area is 104 Å². The zero-order valence-corrected chi connectivity index (χ0v) is 11.4. The Bertz CT molecular complexity index is 381. The van der Waals surface area contributed by atoms with E-state index in [1.54, 1.807) is 0 Å². The smallest absolute Gasteiger partial charge is 0.125 e. The standard InChI is InChI=1S/C14H23N3/c1-11-15-7-5-13(16-11)12-6-8-17(9-12)10-14(2,3)4/h5,7,12H,6,8-10H2,1-4H3/t12-/m0/s1. The van der Waals surface area contributed by atoms with Crippen LogP contribution in [0.3, 0.4) is 0 Å². The van der Waals surface area contributed by atoms with Gasteiger partial charge < -0.3 is 4.90 Å². The summed E-state index contributed by atoms with van der Waals surface area (Å²) in [4.78, 5) is 11.3. The van der Waals surface area contributed by atoms with Crippen molar-refractivity contribution in [2.75, 3.05) is 19.6 Å². The SMILES string of the molecule is Cc1nccc([C@H]2CCN(CC(C)(C)C)C2)n1. The van der Waals surface area contributed by atoms with Gasteiger partial charge in [-0.05, 0) is 31.4 Å². The first kappa shape index (κ1) is 12.5. The summed E-state index contributed by atoms with van der Waals surface area (Å²) in [6.07, 6.45) is 3.11. The molecule has 2 heterocycles. The lowest BCUT2D eigenvalue weighted by Gasteiger charge is -2.26. The molecule has 0 radical (unpaired) electrons. The Morgan fingerprint density at radius 3 is 2.82 bits per heavy atom. The Morgan fingerprint density at radius 1 is 1.41 bits per heavy atom.